The first-order chi connectivity index (χ1) is 10.2. The molecule has 2 saturated heterocycles. The van der Waals surface area contributed by atoms with E-state index in [1.54, 1.807) is 0 Å². The molecule has 1 unspecified atom stereocenters. The number of ether oxygens (including phenoxy) is 1. The predicted molar refractivity (Wildman–Crippen MR) is 79.3 cm³/mol. The predicted octanol–water partition coefficient (Wildman–Crippen LogP) is 0.740. The summed E-state index contributed by atoms with van der Waals surface area (Å²) in [6.45, 7) is 3.11. The molecule has 2 aliphatic heterocycles. The van der Waals surface area contributed by atoms with E-state index in [2.05, 4.69) is 15.5 Å². The van der Waals surface area contributed by atoms with Crippen molar-refractivity contribution in [1.29, 1.82) is 0 Å². The van der Waals surface area contributed by atoms with Gasteiger partial charge in [-0.1, -0.05) is 12.1 Å². The molecular formula is C15H19N3O3. The molecule has 2 heterocycles. The van der Waals surface area contributed by atoms with Crippen LogP contribution in [0.15, 0.2) is 24.3 Å². The van der Waals surface area contributed by atoms with Crippen LogP contribution in [0.1, 0.15) is 12.8 Å². The van der Waals surface area contributed by atoms with Gasteiger partial charge >= 0.3 is 0 Å². The summed E-state index contributed by atoms with van der Waals surface area (Å²) in [5.74, 6) is -0.442. The Hall–Kier alpha value is -2.08. The first-order valence-electron chi connectivity index (χ1n) is 7.26. The number of rotatable bonds is 3. The van der Waals surface area contributed by atoms with E-state index in [1.165, 1.54) is 0 Å². The van der Waals surface area contributed by atoms with Gasteiger partial charge in [0.25, 0.3) is 0 Å². The Morgan fingerprint density at radius 3 is 2.71 bits per heavy atom. The van der Waals surface area contributed by atoms with Crippen molar-refractivity contribution >= 4 is 23.2 Å². The van der Waals surface area contributed by atoms with Gasteiger partial charge in [-0.15, -0.1) is 0 Å². The van der Waals surface area contributed by atoms with Crippen LogP contribution < -0.4 is 15.5 Å². The number of imide groups is 1. The maximum Gasteiger partial charge on any atom is 0.249 e. The zero-order chi connectivity index (χ0) is 14.7. The normalized spacial score (nSPS) is 22.9. The maximum atomic E-state index is 11.9. The number of amides is 2. The van der Waals surface area contributed by atoms with Crippen LogP contribution in [-0.4, -0.2) is 44.2 Å². The van der Waals surface area contributed by atoms with Crippen LogP contribution in [0.2, 0.25) is 0 Å². The van der Waals surface area contributed by atoms with Crippen molar-refractivity contribution < 1.29 is 14.3 Å². The van der Waals surface area contributed by atoms with E-state index in [-0.39, 0.29) is 17.9 Å². The lowest BCUT2D eigenvalue weighted by Crippen LogP contribution is -2.47. The van der Waals surface area contributed by atoms with Gasteiger partial charge in [0.05, 0.1) is 24.6 Å². The Balaban J connectivity index is 1.75. The topological polar surface area (TPSA) is 70.7 Å². The molecule has 1 aromatic rings. The maximum absolute atomic E-state index is 11.9. The molecule has 112 valence electrons. The summed E-state index contributed by atoms with van der Waals surface area (Å²) >= 11 is 0. The second-order valence-electron chi connectivity index (χ2n) is 5.26. The summed E-state index contributed by atoms with van der Waals surface area (Å²) in [6, 6.07) is 7.58. The van der Waals surface area contributed by atoms with Gasteiger partial charge in [0.15, 0.2) is 0 Å². The SMILES string of the molecule is O=C1CCC(Nc2ccccc2N2CCOCC2)C(=O)N1. The molecule has 2 N–H and O–H groups in total. The molecular weight excluding hydrogens is 270 g/mol. The van der Waals surface area contributed by atoms with Crippen LogP contribution in [0.25, 0.3) is 0 Å². The summed E-state index contributed by atoms with van der Waals surface area (Å²) in [7, 11) is 0. The number of hydrogen-bond acceptors (Lipinski definition) is 5. The second kappa shape index (κ2) is 6.13. The summed E-state index contributed by atoms with van der Waals surface area (Å²) in [5, 5.41) is 5.64. The van der Waals surface area contributed by atoms with Gasteiger partial charge in [0.2, 0.25) is 11.8 Å². The van der Waals surface area contributed by atoms with Crippen molar-refractivity contribution in [1.82, 2.24) is 5.32 Å². The molecule has 0 aliphatic carbocycles. The van der Waals surface area contributed by atoms with Crippen molar-refractivity contribution in [3.63, 3.8) is 0 Å². The first kappa shape index (κ1) is 13.9. The van der Waals surface area contributed by atoms with Crippen molar-refractivity contribution in [2.45, 2.75) is 18.9 Å². The third kappa shape index (κ3) is 3.16. The number of piperidine rings is 1. The molecule has 0 aromatic heterocycles. The highest BCUT2D eigenvalue weighted by atomic mass is 16.5. The zero-order valence-corrected chi connectivity index (χ0v) is 11.8. The van der Waals surface area contributed by atoms with Crippen molar-refractivity contribution in [3.05, 3.63) is 24.3 Å². The van der Waals surface area contributed by atoms with Crippen molar-refractivity contribution in [2.75, 3.05) is 36.5 Å². The Morgan fingerprint density at radius 2 is 1.95 bits per heavy atom. The van der Waals surface area contributed by atoms with Crippen LogP contribution in [0.3, 0.4) is 0 Å². The summed E-state index contributed by atoms with van der Waals surface area (Å²) in [6.07, 6.45) is 0.908. The minimum atomic E-state index is -0.357. The molecule has 0 bridgehead atoms. The minimum absolute atomic E-state index is 0.195. The number of nitrogens with one attached hydrogen (secondary N) is 2. The van der Waals surface area contributed by atoms with E-state index < -0.39 is 0 Å². The van der Waals surface area contributed by atoms with E-state index in [1.807, 2.05) is 24.3 Å². The third-order valence-corrected chi connectivity index (χ3v) is 3.82. The summed E-state index contributed by atoms with van der Waals surface area (Å²) < 4.78 is 5.38. The van der Waals surface area contributed by atoms with Crippen molar-refractivity contribution in [3.8, 4) is 0 Å². The Morgan fingerprint density at radius 1 is 1.19 bits per heavy atom. The zero-order valence-electron chi connectivity index (χ0n) is 11.8. The lowest BCUT2D eigenvalue weighted by atomic mass is 10.1. The minimum Gasteiger partial charge on any atom is -0.378 e. The van der Waals surface area contributed by atoms with E-state index in [0.717, 1.165) is 24.5 Å². The molecule has 6 heteroatoms. The van der Waals surface area contributed by atoms with Crippen LogP contribution in [-0.2, 0) is 14.3 Å². The molecule has 2 fully saturated rings. The number of morpholine rings is 1. The molecule has 0 radical (unpaired) electrons. The molecule has 0 spiro atoms. The first-order valence-corrected chi connectivity index (χ1v) is 7.26. The Kier molecular flexibility index (Phi) is 4.06. The number of para-hydroxylation sites is 2. The highest BCUT2D eigenvalue weighted by Crippen LogP contribution is 2.27. The van der Waals surface area contributed by atoms with Gasteiger partial charge < -0.3 is 15.0 Å². The molecule has 1 aromatic carbocycles. The Labute approximate surface area is 123 Å². The monoisotopic (exact) mass is 289 g/mol. The van der Waals surface area contributed by atoms with Gasteiger partial charge in [0, 0.05) is 19.5 Å². The lowest BCUT2D eigenvalue weighted by Gasteiger charge is -2.32. The van der Waals surface area contributed by atoms with E-state index in [9.17, 15) is 9.59 Å². The molecule has 1 atom stereocenters. The van der Waals surface area contributed by atoms with Crippen molar-refractivity contribution in [2.24, 2.45) is 0 Å². The molecule has 21 heavy (non-hydrogen) atoms. The fourth-order valence-corrected chi connectivity index (χ4v) is 2.69. The largest absolute Gasteiger partial charge is 0.378 e. The van der Waals surface area contributed by atoms with E-state index >= 15 is 0 Å². The molecule has 0 saturated carbocycles. The molecule has 2 aliphatic rings. The van der Waals surface area contributed by atoms with Crippen LogP contribution >= 0.6 is 0 Å². The molecule has 3 rings (SSSR count). The quantitative estimate of drug-likeness (QED) is 0.803. The molecule has 2 amide bonds. The summed E-state index contributed by atoms with van der Waals surface area (Å²) in [5.41, 5.74) is 2.00. The second-order valence-corrected chi connectivity index (χ2v) is 5.26. The van der Waals surface area contributed by atoms with Crippen LogP contribution in [0, 0.1) is 0 Å². The molecule has 6 nitrogen and oxygen atoms in total. The smallest absolute Gasteiger partial charge is 0.249 e. The number of carbonyl (C=O) groups is 2. The van der Waals surface area contributed by atoms with Gasteiger partial charge in [-0.25, -0.2) is 0 Å². The number of anilines is 2. The number of carbonyl (C=O) groups excluding carboxylic acids is 2. The van der Waals surface area contributed by atoms with Gasteiger partial charge in [-0.05, 0) is 18.6 Å². The van der Waals surface area contributed by atoms with Gasteiger partial charge in [-0.3, -0.25) is 14.9 Å². The number of hydrogen-bond donors (Lipinski definition) is 2. The standard InChI is InChI=1S/C15H19N3O3/c19-14-6-5-12(15(20)17-14)16-11-3-1-2-4-13(11)18-7-9-21-10-8-18/h1-4,12,16H,5-10H2,(H,17,19,20). The highest BCUT2D eigenvalue weighted by Gasteiger charge is 2.27. The Bertz CT molecular complexity index is 541. The highest BCUT2D eigenvalue weighted by molar-refractivity contribution is 6.01. The number of benzene rings is 1. The average molecular weight is 289 g/mol. The van der Waals surface area contributed by atoms with Gasteiger partial charge in [0.1, 0.15) is 6.04 Å². The van der Waals surface area contributed by atoms with E-state index in [0.29, 0.717) is 26.1 Å². The van der Waals surface area contributed by atoms with Crippen LogP contribution in [0.4, 0.5) is 11.4 Å². The van der Waals surface area contributed by atoms with Gasteiger partial charge in [-0.2, -0.15) is 0 Å². The summed E-state index contributed by atoms with van der Waals surface area (Å²) in [4.78, 5) is 25.3. The van der Waals surface area contributed by atoms with E-state index in [4.69, 9.17) is 4.74 Å². The fourth-order valence-electron chi connectivity index (χ4n) is 2.69. The van der Waals surface area contributed by atoms with Crippen LogP contribution in [0.5, 0.6) is 0 Å². The number of nitrogens with zero attached hydrogens (tertiary/aromatic N) is 1. The average Bonchev–Trinajstić information content (AvgIpc) is 2.51. The third-order valence-electron chi connectivity index (χ3n) is 3.82. The lowest BCUT2D eigenvalue weighted by molar-refractivity contribution is -0.133. The fraction of sp³-hybridized carbons (Fsp3) is 0.467.